The van der Waals surface area contributed by atoms with E-state index in [4.69, 9.17) is 4.89 Å². The largest absolute Gasteiger partial charge is 0.352 e. The molecule has 6 heteroatoms. The fourth-order valence-corrected chi connectivity index (χ4v) is 4.59. The van der Waals surface area contributed by atoms with Crippen LogP contribution in [0.25, 0.3) is 6.08 Å². The third-order valence-electron chi connectivity index (χ3n) is 6.57. The first-order valence-corrected chi connectivity index (χ1v) is 13.5. The molecule has 4 rings (SSSR count). The second-order valence-corrected chi connectivity index (χ2v) is 9.51. The summed E-state index contributed by atoms with van der Waals surface area (Å²) in [4.78, 5) is 40.1. The van der Waals surface area contributed by atoms with Crippen molar-refractivity contribution >= 4 is 18.0 Å². The van der Waals surface area contributed by atoms with Crippen LogP contribution < -0.4 is 4.89 Å². The number of aromatic nitrogens is 1. The van der Waals surface area contributed by atoms with Gasteiger partial charge in [0, 0.05) is 44.4 Å². The van der Waals surface area contributed by atoms with Crippen molar-refractivity contribution in [2.24, 2.45) is 0 Å². The Labute approximate surface area is 235 Å². The smallest absolute Gasteiger partial charge is 0.339 e. The van der Waals surface area contributed by atoms with Crippen LogP contribution >= 0.6 is 0 Å². The zero-order chi connectivity index (χ0) is 28.0. The van der Waals surface area contributed by atoms with Crippen molar-refractivity contribution in [2.45, 2.75) is 32.1 Å². The summed E-state index contributed by atoms with van der Waals surface area (Å²) in [5.41, 5.74) is 4.44. The molecular weight excluding hydrogens is 500 g/mol. The topological polar surface area (TPSA) is 68.7 Å². The maximum Gasteiger partial charge on any atom is 0.352 e. The lowest BCUT2D eigenvalue weighted by atomic mass is 9.88. The predicted octanol–water partition coefficient (Wildman–Crippen LogP) is 6.64. The monoisotopic (exact) mass is 534 g/mol. The Morgan fingerprint density at radius 2 is 1.52 bits per heavy atom. The molecule has 0 saturated carbocycles. The quantitative estimate of drug-likeness (QED) is 0.109. The van der Waals surface area contributed by atoms with E-state index in [1.54, 1.807) is 24.5 Å². The summed E-state index contributed by atoms with van der Waals surface area (Å²) >= 11 is 0. The average Bonchev–Trinajstić information content (AvgIpc) is 3.00. The lowest BCUT2D eigenvalue weighted by Crippen LogP contribution is -2.32. The van der Waals surface area contributed by atoms with Crippen molar-refractivity contribution in [1.29, 1.82) is 0 Å². The first kappa shape index (κ1) is 28.3. The van der Waals surface area contributed by atoms with Crippen molar-refractivity contribution in [3.63, 3.8) is 0 Å². The number of carbonyl (C=O) groups excluding carboxylic acids is 2. The molecule has 6 nitrogen and oxygen atoms in total. The van der Waals surface area contributed by atoms with E-state index in [1.165, 1.54) is 18.1 Å². The highest BCUT2D eigenvalue weighted by Crippen LogP contribution is 2.28. The van der Waals surface area contributed by atoms with E-state index in [-0.39, 0.29) is 11.8 Å². The molecule has 40 heavy (non-hydrogen) atoms. The van der Waals surface area contributed by atoms with Gasteiger partial charge in [0.1, 0.15) is 0 Å². The highest BCUT2D eigenvalue weighted by molar-refractivity contribution is 5.91. The number of hydrogen-bond acceptors (Lipinski definition) is 5. The van der Waals surface area contributed by atoms with Crippen molar-refractivity contribution in [3.05, 3.63) is 138 Å². The minimum atomic E-state index is -0.510. The molecule has 0 fully saturated rings. The molecule has 0 bridgehead atoms. The Kier molecular flexibility index (Phi) is 10.6. The molecule has 0 spiro atoms. The van der Waals surface area contributed by atoms with Gasteiger partial charge in [-0.05, 0) is 71.9 Å². The number of pyridine rings is 1. The summed E-state index contributed by atoms with van der Waals surface area (Å²) in [5, 5.41) is 0. The normalized spacial score (nSPS) is 10.9. The van der Waals surface area contributed by atoms with E-state index < -0.39 is 5.97 Å². The Morgan fingerprint density at radius 1 is 0.850 bits per heavy atom. The summed E-state index contributed by atoms with van der Waals surface area (Å²) in [6, 6.07) is 32.1. The Bertz CT molecular complexity index is 1340. The van der Waals surface area contributed by atoms with Crippen LogP contribution in [-0.4, -0.2) is 34.8 Å². The van der Waals surface area contributed by atoms with E-state index in [2.05, 4.69) is 58.4 Å². The van der Waals surface area contributed by atoms with Crippen LogP contribution in [0.3, 0.4) is 0 Å². The molecule has 204 valence electrons. The van der Waals surface area contributed by atoms with Gasteiger partial charge in [0.25, 0.3) is 0 Å². The molecular formula is C34H34N2O4. The van der Waals surface area contributed by atoms with Crippen LogP contribution in [0.2, 0.25) is 0 Å². The average molecular weight is 535 g/mol. The number of amides is 1. The van der Waals surface area contributed by atoms with Crippen LogP contribution in [0.5, 0.6) is 5.75 Å². The predicted molar refractivity (Wildman–Crippen MR) is 156 cm³/mol. The van der Waals surface area contributed by atoms with Gasteiger partial charge >= 0.3 is 5.97 Å². The second kappa shape index (κ2) is 15.0. The van der Waals surface area contributed by atoms with E-state index >= 15 is 0 Å². The third-order valence-corrected chi connectivity index (χ3v) is 6.57. The molecule has 0 radical (unpaired) electrons. The van der Waals surface area contributed by atoms with Gasteiger partial charge in [-0.15, -0.1) is 0 Å². The molecule has 1 amide bonds. The molecule has 0 aliphatic rings. The van der Waals surface area contributed by atoms with E-state index in [9.17, 15) is 9.59 Å². The van der Waals surface area contributed by atoms with Crippen LogP contribution in [0.15, 0.2) is 116 Å². The number of carbonyl (C=O) groups is 2. The maximum absolute atomic E-state index is 13.4. The highest BCUT2D eigenvalue weighted by Gasteiger charge is 2.18. The standard InChI is InChI=1S/C34H34N2O4/c1-27(37)39-40-32-16-8-10-29(26-32)11-9-24-36(34(38)18-17-28-19-22-35-23-20-28)25-21-33(30-12-4-2-5-13-30)31-14-6-3-7-15-31/h2-8,10,12-20,22-23,26,33H,9,11,21,24-25H2,1H3/b18-17+. The molecule has 0 aliphatic carbocycles. The third kappa shape index (κ3) is 8.95. The van der Waals surface area contributed by atoms with Crippen LogP contribution in [0.4, 0.5) is 0 Å². The molecule has 3 aromatic carbocycles. The molecule has 0 atom stereocenters. The van der Waals surface area contributed by atoms with E-state index in [0.717, 1.165) is 30.4 Å². The summed E-state index contributed by atoms with van der Waals surface area (Å²) in [6.45, 7) is 2.51. The molecule has 1 heterocycles. The fraction of sp³-hybridized carbons (Fsp3) is 0.206. The zero-order valence-electron chi connectivity index (χ0n) is 22.7. The summed E-state index contributed by atoms with van der Waals surface area (Å²) in [6.07, 6.45) is 9.22. The van der Waals surface area contributed by atoms with Gasteiger partial charge < -0.3 is 4.90 Å². The Morgan fingerprint density at radius 3 is 2.17 bits per heavy atom. The number of hydrogen-bond donors (Lipinski definition) is 0. The SMILES string of the molecule is CC(=O)OOc1cccc(CCCN(CCC(c2ccccc2)c2ccccc2)C(=O)/C=C/c2ccncc2)c1. The summed E-state index contributed by atoms with van der Waals surface area (Å²) in [7, 11) is 0. The lowest BCUT2D eigenvalue weighted by Gasteiger charge is -2.25. The zero-order valence-corrected chi connectivity index (χ0v) is 22.7. The van der Waals surface area contributed by atoms with Gasteiger partial charge in [-0.3, -0.25) is 19.6 Å². The number of rotatable bonds is 13. The van der Waals surface area contributed by atoms with Gasteiger partial charge in [0.05, 0.1) is 0 Å². The number of benzene rings is 3. The van der Waals surface area contributed by atoms with Gasteiger partial charge in [-0.2, -0.15) is 0 Å². The Balaban J connectivity index is 1.46. The van der Waals surface area contributed by atoms with Crippen molar-refractivity contribution in [2.75, 3.05) is 13.1 Å². The van der Waals surface area contributed by atoms with Crippen molar-refractivity contribution < 1.29 is 19.4 Å². The molecule has 4 aromatic rings. The van der Waals surface area contributed by atoms with Gasteiger partial charge in [0.15, 0.2) is 5.75 Å². The lowest BCUT2D eigenvalue weighted by molar-refractivity contribution is -0.210. The van der Waals surface area contributed by atoms with Crippen molar-refractivity contribution in [3.8, 4) is 5.75 Å². The van der Waals surface area contributed by atoms with Crippen LogP contribution in [0, 0.1) is 0 Å². The maximum atomic E-state index is 13.4. The van der Waals surface area contributed by atoms with E-state index in [1.807, 2.05) is 53.4 Å². The van der Waals surface area contributed by atoms with Gasteiger partial charge in [0.2, 0.25) is 5.91 Å². The fourth-order valence-electron chi connectivity index (χ4n) is 4.59. The molecule has 0 N–H and O–H groups in total. The Hall–Kier alpha value is -4.71. The first-order chi connectivity index (χ1) is 19.6. The molecule has 0 aliphatic heterocycles. The van der Waals surface area contributed by atoms with Crippen LogP contribution in [0.1, 0.15) is 47.9 Å². The van der Waals surface area contributed by atoms with Crippen LogP contribution in [-0.2, 0) is 20.9 Å². The molecule has 0 saturated heterocycles. The number of nitrogens with zero attached hydrogens (tertiary/aromatic N) is 2. The minimum Gasteiger partial charge on any atom is -0.339 e. The van der Waals surface area contributed by atoms with Gasteiger partial charge in [-0.25, -0.2) is 4.79 Å². The highest BCUT2D eigenvalue weighted by atomic mass is 17.2. The summed E-state index contributed by atoms with van der Waals surface area (Å²) in [5.74, 6) is 0.110. The molecule has 0 unspecified atom stereocenters. The molecule has 1 aromatic heterocycles. The second-order valence-electron chi connectivity index (χ2n) is 9.51. The minimum absolute atomic E-state index is 0.0244. The first-order valence-electron chi connectivity index (χ1n) is 13.5. The summed E-state index contributed by atoms with van der Waals surface area (Å²) < 4.78 is 0. The van der Waals surface area contributed by atoms with Gasteiger partial charge in [-0.1, -0.05) is 72.8 Å². The van der Waals surface area contributed by atoms with Crippen molar-refractivity contribution in [1.82, 2.24) is 9.88 Å². The number of aryl methyl sites for hydroxylation is 1. The van der Waals surface area contributed by atoms with E-state index in [0.29, 0.717) is 18.8 Å².